The zero-order valence-corrected chi connectivity index (χ0v) is 11.6. The highest BCUT2D eigenvalue weighted by Crippen LogP contribution is 2.05. The number of carbonyl (C=O) groups excluding carboxylic acids is 2. The van der Waals surface area contributed by atoms with Gasteiger partial charge in [-0.05, 0) is 11.5 Å². The molecule has 0 aliphatic heterocycles. The van der Waals surface area contributed by atoms with Crippen molar-refractivity contribution in [3.63, 3.8) is 0 Å². The van der Waals surface area contributed by atoms with Crippen molar-refractivity contribution < 1.29 is 9.59 Å². The summed E-state index contributed by atoms with van der Waals surface area (Å²) in [5, 5.41) is 5.79. The Morgan fingerprint density at radius 1 is 1.32 bits per heavy atom. The van der Waals surface area contributed by atoms with Crippen LogP contribution in [0.2, 0.25) is 0 Å². The van der Waals surface area contributed by atoms with Gasteiger partial charge in [0.25, 0.3) is 0 Å². The average Bonchev–Trinajstić information content (AvgIpc) is 2.45. The predicted octanol–water partition coefficient (Wildman–Crippen LogP) is 1.51. The molecule has 0 aliphatic rings. The van der Waals surface area contributed by atoms with Gasteiger partial charge in [-0.1, -0.05) is 50.6 Å². The van der Waals surface area contributed by atoms with Gasteiger partial charge in [-0.3, -0.25) is 4.79 Å². The molecule has 4 nitrogen and oxygen atoms in total. The Balaban J connectivity index is 2.29. The third kappa shape index (κ3) is 5.66. The number of amides is 1. The van der Waals surface area contributed by atoms with E-state index in [1.165, 1.54) is 0 Å². The van der Waals surface area contributed by atoms with E-state index in [1.54, 1.807) is 0 Å². The van der Waals surface area contributed by atoms with E-state index in [1.807, 2.05) is 44.2 Å². The summed E-state index contributed by atoms with van der Waals surface area (Å²) in [6, 6.07) is 9.48. The van der Waals surface area contributed by atoms with E-state index in [4.69, 9.17) is 0 Å². The van der Waals surface area contributed by atoms with Gasteiger partial charge in [-0.25, -0.2) is 0 Å². The number of hydrogen-bond acceptors (Lipinski definition) is 3. The highest BCUT2D eigenvalue weighted by atomic mass is 16.2. The number of rotatable bonds is 8. The summed E-state index contributed by atoms with van der Waals surface area (Å²) >= 11 is 0. The van der Waals surface area contributed by atoms with Crippen LogP contribution in [0.1, 0.15) is 25.8 Å². The zero-order valence-electron chi connectivity index (χ0n) is 11.6. The standard InChI is InChI=1S/C15H22N2O2/c1-3-12(2)14(11-18)17-15(19)10-16-9-13-7-5-4-6-8-13/h4-8,11-12,14,16H,3,9-10H2,1-2H3,(H,17,19)/t12-,14+/m0/s1. The smallest absolute Gasteiger partial charge is 0.234 e. The summed E-state index contributed by atoms with van der Waals surface area (Å²) in [5.41, 5.74) is 1.13. The first-order chi connectivity index (χ1) is 9.17. The van der Waals surface area contributed by atoms with E-state index in [9.17, 15) is 9.59 Å². The first-order valence-corrected chi connectivity index (χ1v) is 6.66. The Morgan fingerprint density at radius 2 is 2.00 bits per heavy atom. The van der Waals surface area contributed by atoms with Crippen molar-refractivity contribution >= 4 is 12.2 Å². The molecule has 4 heteroatoms. The molecule has 0 saturated carbocycles. The number of hydrogen-bond donors (Lipinski definition) is 2. The molecule has 0 unspecified atom stereocenters. The number of nitrogens with one attached hydrogen (secondary N) is 2. The second-order valence-electron chi connectivity index (χ2n) is 4.70. The molecule has 0 aromatic heterocycles. The molecule has 1 aromatic carbocycles. The topological polar surface area (TPSA) is 58.2 Å². The molecule has 2 atom stereocenters. The van der Waals surface area contributed by atoms with Gasteiger partial charge in [0.05, 0.1) is 12.6 Å². The molecule has 1 aromatic rings. The Bertz CT molecular complexity index is 392. The van der Waals surface area contributed by atoms with Crippen LogP contribution in [0.4, 0.5) is 0 Å². The average molecular weight is 262 g/mol. The molecule has 0 saturated heterocycles. The minimum Gasteiger partial charge on any atom is -0.345 e. The summed E-state index contributed by atoms with van der Waals surface area (Å²) in [5.74, 6) is 0.0175. The van der Waals surface area contributed by atoms with E-state index in [2.05, 4.69) is 10.6 Å². The minimum absolute atomic E-state index is 0.145. The van der Waals surface area contributed by atoms with E-state index >= 15 is 0 Å². The first kappa shape index (κ1) is 15.4. The zero-order chi connectivity index (χ0) is 14.1. The monoisotopic (exact) mass is 262 g/mol. The van der Waals surface area contributed by atoms with Crippen LogP contribution in [0.3, 0.4) is 0 Å². The van der Waals surface area contributed by atoms with Crippen molar-refractivity contribution in [2.75, 3.05) is 6.54 Å². The molecule has 104 valence electrons. The Morgan fingerprint density at radius 3 is 2.58 bits per heavy atom. The van der Waals surface area contributed by atoms with Crippen molar-refractivity contribution in [1.82, 2.24) is 10.6 Å². The molecule has 0 heterocycles. The van der Waals surface area contributed by atoms with Gasteiger partial charge in [0, 0.05) is 6.54 Å². The normalized spacial score (nSPS) is 13.6. The maximum atomic E-state index is 11.7. The van der Waals surface area contributed by atoms with Gasteiger partial charge in [-0.2, -0.15) is 0 Å². The summed E-state index contributed by atoms with van der Waals surface area (Å²) < 4.78 is 0. The highest BCUT2D eigenvalue weighted by Gasteiger charge is 2.16. The second-order valence-corrected chi connectivity index (χ2v) is 4.70. The molecular weight excluding hydrogens is 240 g/mol. The van der Waals surface area contributed by atoms with Crippen molar-refractivity contribution in [3.8, 4) is 0 Å². The van der Waals surface area contributed by atoms with Crippen molar-refractivity contribution in [2.45, 2.75) is 32.9 Å². The summed E-state index contributed by atoms with van der Waals surface area (Å²) in [4.78, 5) is 22.6. The molecule has 0 aliphatic carbocycles. The number of aldehydes is 1. The van der Waals surface area contributed by atoms with Crippen molar-refractivity contribution in [3.05, 3.63) is 35.9 Å². The maximum Gasteiger partial charge on any atom is 0.234 e. The fourth-order valence-corrected chi connectivity index (χ4v) is 1.72. The van der Waals surface area contributed by atoms with Crippen molar-refractivity contribution in [1.29, 1.82) is 0 Å². The molecule has 2 N–H and O–H groups in total. The van der Waals surface area contributed by atoms with Gasteiger partial charge in [0.1, 0.15) is 6.29 Å². The summed E-state index contributed by atoms with van der Waals surface area (Å²) in [6.07, 6.45) is 1.67. The molecule has 1 rings (SSSR count). The van der Waals surface area contributed by atoms with Crippen LogP contribution in [-0.4, -0.2) is 24.8 Å². The lowest BCUT2D eigenvalue weighted by atomic mass is 10.0. The molecular formula is C15H22N2O2. The summed E-state index contributed by atoms with van der Waals surface area (Å²) in [7, 11) is 0. The lowest BCUT2D eigenvalue weighted by Gasteiger charge is -2.18. The van der Waals surface area contributed by atoms with Crippen LogP contribution >= 0.6 is 0 Å². The third-order valence-corrected chi connectivity index (χ3v) is 3.19. The Kier molecular flexibility index (Phi) is 6.82. The lowest BCUT2D eigenvalue weighted by Crippen LogP contribution is -2.44. The fourth-order valence-electron chi connectivity index (χ4n) is 1.72. The second kappa shape index (κ2) is 8.43. The Labute approximate surface area is 114 Å². The van der Waals surface area contributed by atoms with E-state index in [-0.39, 0.29) is 18.4 Å². The van der Waals surface area contributed by atoms with Gasteiger partial charge in [0.15, 0.2) is 0 Å². The van der Waals surface area contributed by atoms with Crippen LogP contribution < -0.4 is 10.6 Å². The SMILES string of the molecule is CC[C@H](C)[C@@H](C=O)NC(=O)CNCc1ccccc1. The van der Waals surface area contributed by atoms with Crippen LogP contribution in [-0.2, 0) is 16.1 Å². The molecule has 0 radical (unpaired) electrons. The van der Waals surface area contributed by atoms with Crippen molar-refractivity contribution in [2.24, 2.45) is 5.92 Å². The molecule has 1 amide bonds. The molecule has 19 heavy (non-hydrogen) atoms. The first-order valence-electron chi connectivity index (χ1n) is 6.66. The van der Waals surface area contributed by atoms with E-state index in [0.29, 0.717) is 6.54 Å². The lowest BCUT2D eigenvalue weighted by molar-refractivity contribution is -0.124. The van der Waals surface area contributed by atoms with Crippen LogP contribution in [0, 0.1) is 5.92 Å². The van der Waals surface area contributed by atoms with E-state index in [0.717, 1.165) is 18.3 Å². The quantitative estimate of drug-likeness (QED) is 0.698. The maximum absolute atomic E-state index is 11.7. The van der Waals surface area contributed by atoms with Gasteiger partial charge < -0.3 is 15.4 Å². The van der Waals surface area contributed by atoms with Crippen LogP contribution in [0.5, 0.6) is 0 Å². The van der Waals surface area contributed by atoms with Gasteiger partial charge in [0.2, 0.25) is 5.91 Å². The van der Waals surface area contributed by atoms with Crippen LogP contribution in [0.25, 0.3) is 0 Å². The largest absolute Gasteiger partial charge is 0.345 e. The van der Waals surface area contributed by atoms with E-state index < -0.39 is 6.04 Å². The predicted molar refractivity (Wildman–Crippen MR) is 75.6 cm³/mol. The fraction of sp³-hybridized carbons (Fsp3) is 0.467. The Hall–Kier alpha value is -1.68. The highest BCUT2D eigenvalue weighted by molar-refractivity contribution is 5.81. The summed E-state index contributed by atoms with van der Waals surface area (Å²) in [6.45, 7) is 4.82. The van der Waals surface area contributed by atoms with Crippen LogP contribution in [0.15, 0.2) is 30.3 Å². The number of benzene rings is 1. The van der Waals surface area contributed by atoms with Gasteiger partial charge in [-0.15, -0.1) is 0 Å². The van der Waals surface area contributed by atoms with Gasteiger partial charge >= 0.3 is 0 Å². The third-order valence-electron chi connectivity index (χ3n) is 3.19. The minimum atomic E-state index is -0.393. The molecule has 0 bridgehead atoms. The molecule has 0 fully saturated rings. The molecule has 0 spiro atoms. The number of carbonyl (C=O) groups is 2.